The first kappa shape index (κ1) is 30.0. The monoisotopic (exact) mass is 436 g/mol. The van der Waals surface area contributed by atoms with Crippen LogP contribution >= 0.6 is 0 Å². The van der Waals surface area contributed by atoms with Gasteiger partial charge in [0.05, 0.1) is 0 Å². The van der Waals surface area contributed by atoms with Crippen molar-refractivity contribution in [1.29, 1.82) is 0 Å². The van der Waals surface area contributed by atoms with Crippen LogP contribution in [0, 0.1) is 39.9 Å². The molecule has 0 aromatic rings. The van der Waals surface area contributed by atoms with Gasteiger partial charge in [-0.25, -0.2) is 0 Å². The predicted octanol–water partition coefficient (Wildman–Crippen LogP) is -4.21. The van der Waals surface area contributed by atoms with Gasteiger partial charge in [-0.1, -0.05) is 33.7 Å². The van der Waals surface area contributed by atoms with Gasteiger partial charge in [-0.15, -0.1) is 0 Å². The van der Waals surface area contributed by atoms with Crippen LogP contribution in [0.2, 0.25) is 0 Å². The van der Waals surface area contributed by atoms with Crippen LogP contribution < -0.4 is 0 Å². The van der Waals surface area contributed by atoms with E-state index in [0.717, 1.165) is 26.4 Å². The van der Waals surface area contributed by atoms with Gasteiger partial charge in [0.1, 0.15) is 0 Å². The van der Waals surface area contributed by atoms with Gasteiger partial charge in [0.25, 0.3) is 0 Å². The van der Waals surface area contributed by atoms with Gasteiger partial charge in [0, 0.05) is 26.4 Å². The Kier molecular flexibility index (Phi) is 49.3. The van der Waals surface area contributed by atoms with E-state index in [0.29, 0.717) is 0 Å². The first-order valence-electron chi connectivity index (χ1n) is 4.15. The molecule has 0 bridgehead atoms. The Bertz CT molecular complexity index is 57.8. The van der Waals surface area contributed by atoms with Gasteiger partial charge in [0.2, 0.25) is 0 Å². The van der Waals surface area contributed by atoms with Gasteiger partial charge in [-0.3, -0.25) is 0 Å². The maximum absolute atomic E-state index is 4.94. The summed E-state index contributed by atoms with van der Waals surface area (Å²) in [6.45, 7) is 4.00. The van der Waals surface area contributed by atoms with Crippen molar-refractivity contribution < 1.29 is 49.4 Å². The fraction of sp³-hybridized carbons (Fsp3) is 1.00. The zero-order chi connectivity index (χ0) is 7.07. The van der Waals surface area contributed by atoms with Crippen LogP contribution in [0.3, 0.4) is 0 Å². The molecule has 0 aliphatic carbocycles. The molecule has 0 spiro atoms. The van der Waals surface area contributed by atoms with Crippen LogP contribution in [0.5, 0.6) is 0 Å². The molecular weight excluding hydrogens is 403 g/mol. The summed E-state index contributed by atoms with van der Waals surface area (Å²) >= 11 is 0. The third kappa shape index (κ3) is 21.4. The summed E-state index contributed by atoms with van der Waals surface area (Å²) in [6.07, 6.45) is 5.11. The van der Waals surface area contributed by atoms with E-state index in [1.807, 2.05) is 0 Å². The second-order valence-corrected chi connectivity index (χ2v) is 2.64. The second kappa shape index (κ2) is 24.6. The fourth-order valence-electron chi connectivity index (χ4n) is 1.02. The molecule has 7 heteroatoms. The van der Waals surface area contributed by atoms with Crippen molar-refractivity contribution in [1.82, 2.24) is 0 Å². The first-order chi connectivity index (χ1) is 5.00. The van der Waals surface area contributed by atoms with Crippen LogP contribution in [0.25, 0.3) is 0 Å². The van der Waals surface area contributed by atoms with Gasteiger partial charge < -0.3 is 9.47 Å². The molecule has 92 valence electrons. The van der Waals surface area contributed by atoms with Crippen molar-refractivity contribution in [2.24, 2.45) is 0 Å². The average molecular weight is 436 g/mol. The van der Waals surface area contributed by atoms with Crippen molar-refractivity contribution in [3.63, 3.8) is 0 Å². The summed E-state index contributed by atoms with van der Waals surface area (Å²) < 4.78 is 9.89. The van der Waals surface area contributed by atoms with Crippen LogP contribution in [0.1, 0.15) is 25.7 Å². The average Bonchev–Trinajstić information content (AvgIpc) is 2.67. The van der Waals surface area contributed by atoms with Gasteiger partial charge >= 0.3 is 39.9 Å². The van der Waals surface area contributed by atoms with Crippen LogP contribution in [0.15, 0.2) is 0 Å². The number of rotatable bonds is 0. The summed E-state index contributed by atoms with van der Waals surface area (Å²) in [6, 6.07) is 0. The van der Waals surface area contributed by atoms with E-state index in [1.165, 1.54) is 25.7 Å². The molecule has 2 aliphatic rings. The summed E-state index contributed by atoms with van der Waals surface area (Å²) in [7, 11) is 0. The minimum atomic E-state index is 0. The molecule has 0 N–H and O–H groups in total. The molecule has 0 atom stereocenters. The van der Waals surface area contributed by atoms with Crippen molar-refractivity contribution >= 4 is 33.7 Å². The predicted molar refractivity (Wildman–Crippen MR) is 85.4 cm³/mol. The Hall–Kier alpha value is 1.50. The first-order valence-corrected chi connectivity index (χ1v) is 4.15. The molecule has 2 fully saturated rings. The standard InChI is InChI=1S/2C4H8O.4BH4.Th/c2*1-2-4-5-3-1;;;;;/h2*1-4H2;4*1H4;/q;;4*-1;+4. The Balaban J connectivity index is -0.0000000333. The molecule has 0 aromatic heterocycles. The summed E-state index contributed by atoms with van der Waals surface area (Å²) in [5, 5.41) is 0. The number of ether oxygens (including phenoxy) is 2. The van der Waals surface area contributed by atoms with E-state index in [9.17, 15) is 0 Å². The topological polar surface area (TPSA) is 18.5 Å². The molecule has 2 rings (SSSR count). The smallest absolute Gasteiger partial charge is 0.381 e. The molecule has 0 amide bonds. The van der Waals surface area contributed by atoms with Gasteiger partial charge in [-0.2, -0.15) is 0 Å². The fourth-order valence-corrected chi connectivity index (χ4v) is 1.02. The molecular formula is C8H32B4O2Th. The Labute approximate surface area is 134 Å². The molecule has 0 unspecified atom stereocenters. The van der Waals surface area contributed by atoms with Crippen molar-refractivity contribution in [2.75, 3.05) is 26.4 Å². The molecule has 15 heavy (non-hydrogen) atoms. The second-order valence-electron chi connectivity index (χ2n) is 2.64. The maximum atomic E-state index is 4.94. The number of hydrogen-bond acceptors (Lipinski definition) is 2. The molecule has 2 saturated heterocycles. The molecule has 2 aliphatic heterocycles. The van der Waals surface area contributed by atoms with E-state index >= 15 is 0 Å². The van der Waals surface area contributed by atoms with Crippen LogP contribution in [-0.2, 0) is 9.47 Å². The van der Waals surface area contributed by atoms with Crippen molar-refractivity contribution in [2.45, 2.75) is 25.7 Å². The normalized spacial score (nSPS) is 16.0. The minimum Gasteiger partial charge on any atom is -0.381 e. The zero-order valence-corrected chi connectivity index (χ0v) is 11.1. The molecule has 0 saturated carbocycles. The SMILES string of the molecule is C1CCOC1.C1CCOC1.[BH4-].[BH4-].[BH4-].[BH4-].[Th+4]. The maximum Gasteiger partial charge on any atom is 4.00 e. The Morgan fingerprint density at radius 1 is 0.467 bits per heavy atom. The molecule has 0 aromatic carbocycles. The Morgan fingerprint density at radius 3 is 0.733 bits per heavy atom. The van der Waals surface area contributed by atoms with Crippen molar-refractivity contribution in [3.05, 3.63) is 0 Å². The third-order valence-corrected chi connectivity index (χ3v) is 1.65. The molecule has 0 radical (unpaired) electrons. The van der Waals surface area contributed by atoms with E-state index < -0.39 is 0 Å². The van der Waals surface area contributed by atoms with E-state index in [4.69, 9.17) is 9.47 Å². The summed E-state index contributed by atoms with van der Waals surface area (Å²) in [4.78, 5) is 0. The summed E-state index contributed by atoms with van der Waals surface area (Å²) in [5.41, 5.74) is 0. The van der Waals surface area contributed by atoms with E-state index in [2.05, 4.69) is 0 Å². The van der Waals surface area contributed by atoms with Crippen LogP contribution in [0.4, 0.5) is 0 Å². The van der Waals surface area contributed by atoms with Crippen molar-refractivity contribution in [3.8, 4) is 0 Å². The number of hydrogen-bond donors (Lipinski definition) is 0. The quantitative estimate of drug-likeness (QED) is 0.359. The van der Waals surface area contributed by atoms with Gasteiger partial charge in [0.15, 0.2) is 0 Å². The largest absolute Gasteiger partial charge is 4.00 e. The molecule has 2 nitrogen and oxygen atoms in total. The van der Waals surface area contributed by atoms with Gasteiger partial charge in [-0.05, 0) is 25.7 Å². The molecule has 2 heterocycles. The van der Waals surface area contributed by atoms with Crippen LogP contribution in [-0.4, -0.2) is 60.1 Å². The van der Waals surface area contributed by atoms with E-state index in [1.54, 1.807) is 0 Å². The summed E-state index contributed by atoms with van der Waals surface area (Å²) in [5.74, 6) is 0. The minimum absolute atomic E-state index is 0. The van der Waals surface area contributed by atoms with E-state index in [-0.39, 0.29) is 73.6 Å². The Morgan fingerprint density at radius 2 is 0.667 bits per heavy atom. The third-order valence-electron chi connectivity index (χ3n) is 1.65. The zero-order valence-electron chi connectivity index (χ0n) is 6.97.